The van der Waals surface area contributed by atoms with Crippen LogP contribution in [0.3, 0.4) is 0 Å². The Morgan fingerprint density at radius 2 is 2.25 bits per heavy atom. The number of ether oxygens (including phenoxy) is 1. The summed E-state index contributed by atoms with van der Waals surface area (Å²) >= 11 is 3.44. The maximum atomic E-state index is 11.6. The van der Waals surface area contributed by atoms with Gasteiger partial charge in [0.05, 0.1) is 7.11 Å². The zero-order valence-corrected chi connectivity index (χ0v) is 10.7. The molecule has 86 valence electrons. The van der Waals surface area contributed by atoms with Crippen molar-refractivity contribution in [3.8, 4) is 0 Å². The topological polar surface area (TPSA) is 52.3 Å². The molecule has 4 heteroatoms. The quantitative estimate of drug-likeness (QED) is 0.800. The van der Waals surface area contributed by atoms with Gasteiger partial charge in [-0.1, -0.05) is 22.0 Å². The van der Waals surface area contributed by atoms with Gasteiger partial charge >= 0.3 is 5.97 Å². The van der Waals surface area contributed by atoms with Crippen LogP contribution in [0.4, 0.5) is 0 Å². The molecule has 1 aromatic carbocycles. The summed E-state index contributed by atoms with van der Waals surface area (Å²) in [4.78, 5) is 11.6. The molecular weight excluding hydrogens is 270 g/mol. The second kappa shape index (κ2) is 4.18. The Morgan fingerprint density at radius 3 is 2.94 bits per heavy atom. The fourth-order valence-electron chi connectivity index (χ4n) is 2.16. The van der Waals surface area contributed by atoms with Gasteiger partial charge in [0, 0.05) is 10.9 Å². The van der Waals surface area contributed by atoms with E-state index in [1.807, 2.05) is 12.1 Å². The van der Waals surface area contributed by atoms with E-state index < -0.39 is 5.54 Å². The van der Waals surface area contributed by atoms with E-state index in [4.69, 9.17) is 10.5 Å². The summed E-state index contributed by atoms with van der Waals surface area (Å²) in [5, 5.41) is 0. The van der Waals surface area contributed by atoms with Crippen LogP contribution in [0.2, 0.25) is 0 Å². The fourth-order valence-corrected chi connectivity index (χ4v) is 2.57. The molecule has 0 unspecified atom stereocenters. The summed E-state index contributed by atoms with van der Waals surface area (Å²) in [6.45, 7) is 0. The number of esters is 1. The summed E-state index contributed by atoms with van der Waals surface area (Å²) in [5.41, 5.74) is 7.63. The number of fused-ring (bicyclic) bond motifs is 1. The number of rotatable bonds is 1. The maximum absolute atomic E-state index is 11.6. The number of carbonyl (C=O) groups is 1. The van der Waals surface area contributed by atoms with Gasteiger partial charge in [0.1, 0.15) is 5.54 Å². The Hall–Kier alpha value is -0.870. The number of carbonyl (C=O) groups excluding carboxylic acids is 1. The Labute approximate surface area is 103 Å². The molecule has 0 amide bonds. The number of hydrogen-bond donors (Lipinski definition) is 1. The van der Waals surface area contributed by atoms with E-state index in [2.05, 4.69) is 22.0 Å². The SMILES string of the molecule is COC(=O)[C@]1(N)CCc2cc(Br)ccc2C1. The molecule has 2 N–H and O–H groups in total. The van der Waals surface area contributed by atoms with Crippen molar-refractivity contribution in [1.82, 2.24) is 0 Å². The third-order valence-electron chi connectivity index (χ3n) is 3.11. The minimum Gasteiger partial charge on any atom is -0.468 e. The smallest absolute Gasteiger partial charge is 0.326 e. The predicted molar refractivity (Wildman–Crippen MR) is 65.1 cm³/mol. The summed E-state index contributed by atoms with van der Waals surface area (Å²) in [6, 6.07) is 6.08. The van der Waals surface area contributed by atoms with E-state index in [0.29, 0.717) is 12.8 Å². The summed E-state index contributed by atoms with van der Waals surface area (Å²) in [5.74, 6) is -0.318. The molecule has 1 aromatic rings. The highest BCUT2D eigenvalue weighted by atomic mass is 79.9. The molecule has 0 aromatic heterocycles. The summed E-state index contributed by atoms with van der Waals surface area (Å²) < 4.78 is 5.82. The number of nitrogens with two attached hydrogens (primary N) is 1. The van der Waals surface area contributed by atoms with E-state index in [0.717, 1.165) is 16.5 Å². The third kappa shape index (κ3) is 1.99. The molecule has 0 radical (unpaired) electrons. The number of hydrogen-bond acceptors (Lipinski definition) is 3. The predicted octanol–water partition coefficient (Wildman–Crippen LogP) is 1.81. The highest BCUT2D eigenvalue weighted by Crippen LogP contribution is 2.29. The van der Waals surface area contributed by atoms with Crippen LogP contribution in [0.1, 0.15) is 17.5 Å². The summed E-state index contributed by atoms with van der Waals surface area (Å²) in [7, 11) is 1.38. The highest BCUT2D eigenvalue weighted by Gasteiger charge is 2.38. The molecule has 0 saturated heterocycles. The van der Waals surface area contributed by atoms with Crippen molar-refractivity contribution < 1.29 is 9.53 Å². The molecular formula is C12H14BrNO2. The third-order valence-corrected chi connectivity index (χ3v) is 3.60. The number of aryl methyl sites for hydroxylation is 1. The Balaban J connectivity index is 2.30. The van der Waals surface area contributed by atoms with Crippen LogP contribution in [-0.2, 0) is 22.4 Å². The highest BCUT2D eigenvalue weighted by molar-refractivity contribution is 9.10. The second-order valence-corrected chi connectivity index (χ2v) is 5.15. The molecule has 0 heterocycles. The molecule has 1 aliphatic rings. The van der Waals surface area contributed by atoms with E-state index >= 15 is 0 Å². The standard InChI is InChI=1S/C12H14BrNO2/c1-16-11(15)12(14)5-4-8-6-10(13)3-2-9(8)7-12/h2-3,6H,4-5,7,14H2,1H3/t12-/m0/s1. The molecule has 0 spiro atoms. The fraction of sp³-hybridized carbons (Fsp3) is 0.417. The van der Waals surface area contributed by atoms with E-state index in [-0.39, 0.29) is 5.97 Å². The van der Waals surface area contributed by atoms with Gasteiger partial charge in [-0.05, 0) is 36.1 Å². The van der Waals surface area contributed by atoms with Gasteiger partial charge in [-0.15, -0.1) is 0 Å². The van der Waals surface area contributed by atoms with Crippen LogP contribution in [-0.4, -0.2) is 18.6 Å². The molecule has 0 bridgehead atoms. The lowest BCUT2D eigenvalue weighted by Gasteiger charge is -2.32. The Kier molecular flexibility index (Phi) is 3.04. The average Bonchev–Trinajstić information content (AvgIpc) is 2.28. The Bertz CT molecular complexity index is 433. The van der Waals surface area contributed by atoms with E-state index in [1.54, 1.807) is 0 Å². The number of methoxy groups -OCH3 is 1. The van der Waals surface area contributed by atoms with Crippen LogP contribution in [0.15, 0.2) is 22.7 Å². The van der Waals surface area contributed by atoms with Gasteiger partial charge in [0.15, 0.2) is 0 Å². The molecule has 0 saturated carbocycles. The largest absolute Gasteiger partial charge is 0.468 e. The first-order valence-electron chi connectivity index (χ1n) is 5.20. The van der Waals surface area contributed by atoms with Gasteiger partial charge in [-0.2, -0.15) is 0 Å². The van der Waals surface area contributed by atoms with Crippen molar-refractivity contribution >= 4 is 21.9 Å². The van der Waals surface area contributed by atoms with Crippen molar-refractivity contribution in [2.24, 2.45) is 5.73 Å². The van der Waals surface area contributed by atoms with Crippen LogP contribution in [0, 0.1) is 0 Å². The van der Waals surface area contributed by atoms with Crippen molar-refractivity contribution in [2.75, 3.05) is 7.11 Å². The molecule has 1 aliphatic carbocycles. The number of benzene rings is 1. The van der Waals surface area contributed by atoms with Gasteiger partial charge in [-0.25, -0.2) is 0 Å². The van der Waals surface area contributed by atoms with Crippen LogP contribution in [0.5, 0.6) is 0 Å². The summed E-state index contributed by atoms with van der Waals surface area (Å²) in [6.07, 6.45) is 2.02. The lowest BCUT2D eigenvalue weighted by atomic mass is 9.79. The lowest BCUT2D eigenvalue weighted by Crippen LogP contribution is -2.52. The Morgan fingerprint density at radius 1 is 1.50 bits per heavy atom. The van der Waals surface area contributed by atoms with Gasteiger partial charge in [0.2, 0.25) is 0 Å². The first-order valence-corrected chi connectivity index (χ1v) is 5.99. The molecule has 2 rings (SSSR count). The van der Waals surface area contributed by atoms with Crippen molar-refractivity contribution in [1.29, 1.82) is 0 Å². The van der Waals surface area contributed by atoms with Crippen molar-refractivity contribution in [2.45, 2.75) is 24.8 Å². The normalized spacial score (nSPS) is 23.7. The van der Waals surface area contributed by atoms with Gasteiger partial charge < -0.3 is 10.5 Å². The molecule has 16 heavy (non-hydrogen) atoms. The minimum absolute atomic E-state index is 0.318. The van der Waals surface area contributed by atoms with Gasteiger partial charge in [0.25, 0.3) is 0 Å². The van der Waals surface area contributed by atoms with Crippen molar-refractivity contribution in [3.05, 3.63) is 33.8 Å². The maximum Gasteiger partial charge on any atom is 0.326 e. The molecule has 3 nitrogen and oxygen atoms in total. The van der Waals surface area contributed by atoms with E-state index in [9.17, 15) is 4.79 Å². The van der Waals surface area contributed by atoms with E-state index in [1.165, 1.54) is 12.7 Å². The minimum atomic E-state index is -0.852. The number of halogens is 1. The first kappa shape index (κ1) is 11.6. The zero-order valence-electron chi connectivity index (χ0n) is 9.13. The van der Waals surface area contributed by atoms with Crippen LogP contribution in [0.25, 0.3) is 0 Å². The molecule has 0 aliphatic heterocycles. The monoisotopic (exact) mass is 283 g/mol. The van der Waals surface area contributed by atoms with Gasteiger partial charge in [-0.3, -0.25) is 4.79 Å². The molecule has 1 atom stereocenters. The average molecular weight is 284 g/mol. The first-order chi connectivity index (χ1) is 7.55. The van der Waals surface area contributed by atoms with Crippen LogP contribution < -0.4 is 5.73 Å². The second-order valence-electron chi connectivity index (χ2n) is 4.24. The zero-order chi connectivity index (χ0) is 11.8. The van der Waals surface area contributed by atoms with Crippen molar-refractivity contribution in [3.63, 3.8) is 0 Å². The lowest BCUT2D eigenvalue weighted by molar-refractivity contribution is -0.147. The van der Waals surface area contributed by atoms with Crippen LogP contribution >= 0.6 is 15.9 Å². The molecule has 0 fully saturated rings.